The Hall–Kier alpha value is -2.08. The van der Waals surface area contributed by atoms with E-state index < -0.39 is 23.6 Å². The summed E-state index contributed by atoms with van der Waals surface area (Å²) < 4.78 is 0. The Balaban J connectivity index is 2.71. The molecule has 7 heteroatoms. The lowest BCUT2D eigenvalue weighted by Gasteiger charge is -2.21. The number of hydrogen-bond acceptors (Lipinski definition) is 3. The summed E-state index contributed by atoms with van der Waals surface area (Å²) in [5.41, 5.74) is 5.21. The standard InChI is InChI=1S/C16H22ClN3O3/c1-9(2)13(11-5-7-12(17)8-6-11)14(21)19-20-16(23)15(22)18-10(3)4/h5-10,13H,1-4H3,(H,18,22)(H,19,21)(H,20,23)/t13-/m0/s1. The Bertz CT molecular complexity index is 570. The molecule has 1 aromatic rings. The van der Waals surface area contributed by atoms with E-state index in [0.29, 0.717) is 5.02 Å². The molecule has 6 nitrogen and oxygen atoms in total. The maximum Gasteiger partial charge on any atom is 0.327 e. The first kappa shape index (κ1) is 19.0. The molecule has 0 saturated carbocycles. The summed E-state index contributed by atoms with van der Waals surface area (Å²) in [5, 5.41) is 3.02. The van der Waals surface area contributed by atoms with Crippen LogP contribution in [-0.2, 0) is 14.4 Å². The summed E-state index contributed by atoms with van der Waals surface area (Å²) in [6.45, 7) is 7.26. The van der Waals surface area contributed by atoms with Crippen molar-refractivity contribution in [3.8, 4) is 0 Å². The van der Waals surface area contributed by atoms with Gasteiger partial charge in [0.1, 0.15) is 0 Å². The van der Waals surface area contributed by atoms with Crippen molar-refractivity contribution < 1.29 is 14.4 Å². The number of benzene rings is 1. The van der Waals surface area contributed by atoms with E-state index in [-0.39, 0.29) is 12.0 Å². The zero-order chi connectivity index (χ0) is 17.6. The van der Waals surface area contributed by atoms with E-state index in [1.165, 1.54) is 0 Å². The van der Waals surface area contributed by atoms with Gasteiger partial charge in [-0.2, -0.15) is 0 Å². The Morgan fingerprint density at radius 3 is 1.96 bits per heavy atom. The maximum absolute atomic E-state index is 12.3. The minimum atomic E-state index is -0.911. The quantitative estimate of drug-likeness (QED) is 0.577. The summed E-state index contributed by atoms with van der Waals surface area (Å²) in [4.78, 5) is 35.4. The van der Waals surface area contributed by atoms with E-state index in [0.717, 1.165) is 5.56 Å². The first-order valence-corrected chi connectivity index (χ1v) is 7.76. The first-order valence-electron chi connectivity index (χ1n) is 7.38. The van der Waals surface area contributed by atoms with Crippen LogP contribution in [0.5, 0.6) is 0 Å². The van der Waals surface area contributed by atoms with Crippen LogP contribution in [0.4, 0.5) is 0 Å². The number of hydrazine groups is 1. The lowest BCUT2D eigenvalue weighted by Crippen LogP contribution is -2.51. The van der Waals surface area contributed by atoms with Gasteiger partial charge < -0.3 is 5.32 Å². The van der Waals surface area contributed by atoms with Crippen LogP contribution in [0.15, 0.2) is 24.3 Å². The highest BCUT2D eigenvalue weighted by Gasteiger charge is 2.25. The smallest absolute Gasteiger partial charge is 0.327 e. The normalized spacial score (nSPS) is 12.0. The van der Waals surface area contributed by atoms with Crippen molar-refractivity contribution in [2.24, 2.45) is 5.92 Å². The number of nitrogens with one attached hydrogen (secondary N) is 3. The van der Waals surface area contributed by atoms with Crippen LogP contribution in [0.25, 0.3) is 0 Å². The van der Waals surface area contributed by atoms with Crippen molar-refractivity contribution in [2.75, 3.05) is 0 Å². The van der Waals surface area contributed by atoms with Gasteiger partial charge in [0.15, 0.2) is 0 Å². The van der Waals surface area contributed by atoms with Gasteiger partial charge >= 0.3 is 11.8 Å². The largest absolute Gasteiger partial charge is 0.346 e. The molecule has 0 aliphatic heterocycles. The summed E-state index contributed by atoms with van der Waals surface area (Å²) >= 11 is 5.85. The topological polar surface area (TPSA) is 87.3 Å². The molecule has 126 valence electrons. The average Bonchev–Trinajstić information content (AvgIpc) is 2.46. The molecule has 0 aromatic heterocycles. The van der Waals surface area contributed by atoms with Gasteiger partial charge in [0.25, 0.3) is 0 Å². The van der Waals surface area contributed by atoms with Crippen molar-refractivity contribution in [1.29, 1.82) is 0 Å². The van der Waals surface area contributed by atoms with E-state index in [9.17, 15) is 14.4 Å². The van der Waals surface area contributed by atoms with Gasteiger partial charge in [-0.25, -0.2) is 0 Å². The van der Waals surface area contributed by atoms with E-state index in [1.54, 1.807) is 38.1 Å². The van der Waals surface area contributed by atoms with Crippen molar-refractivity contribution >= 4 is 29.3 Å². The first-order chi connectivity index (χ1) is 10.7. The zero-order valence-corrected chi connectivity index (χ0v) is 14.4. The predicted molar refractivity (Wildman–Crippen MR) is 88.6 cm³/mol. The third kappa shape index (κ3) is 5.90. The highest BCUT2D eigenvalue weighted by atomic mass is 35.5. The summed E-state index contributed by atoms with van der Waals surface area (Å²) in [5.74, 6) is -2.58. The molecule has 1 aromatic carbocycles. The van der Waals surface area contributed by atoms with Gasteiger partial charge in [-0.3, -0.25) is 25.2 Å². The molecule has 0 aliphatic carbocycles. The number of hydrogen-bond donors (Lipinski definition) is 3. The molecule has 3 amide bonds. The molecule has 0 heterocycles. The second-order valence-corrected chi connectivity index (χ2v) is 6.28. The fourth-order valence-corrected chi connectivity index (χ4v) is 2.22. The maximum atomic E-state index is 12.3. The van der Waals surface area contributed by atoms with Crippen LogP contribution in [0.3, 0.4) is 0 Å². The van der Waals surface area contributed by atoms with Gasteiger partial charge in [-0.15, -0.1) is 0 Å². The molecule has 0 aliphatic rings. The number of amides is 3. The number of carbonyl (C=O) groups excluding carboxylic acids is 3. The van der Waals surface area contributed by atoms with Gasteiger partial charge in [0.05, 0.1) is 5.92 Å². The summed E-state index contributed by atoms with van der Waals surface area (Å²) in [6, 6.07) is 6.77. The van der Waals surface area contributed by atoms with Crippen molar-refractivity contribution in [1.82, 2.24) is 16.2 Å². The average molecular weight is 340 g/mol. The summed E-state index contributed by atoms with van der Waals surface area (Å²) in [6.07, 6.45) is 0. The second kappa shape index (κ2) is 8.53. The van der Waals surface area contributed by atoms with Crippen LogP contribution in [0.1, 0.15) is 39.2 Å². The Morgan fingerprint density at radius 1 is 0.913 bits per heavy atom. The molecule has 0 bridgehead atoms. The van der Waals surface area contributed by atoms with E-state index >= 15 is 0 Å². The molecular weight excluding hydrogens is 318 g/mol. The molecule has 0 unspecified atom stereocenters. The third-order valence-electron chi connectivity index (χ3n) is 3.10. The molecule has 3 N–H and O–H groups in total. The van der Waals surface area contributed by atoms with Crippen LogP contribution < -0.4 is 16.2 Å². The van der Waals surface area contributed by atoms with Crippen molar-refractivity contribution in [2.45, 2.75) is 39.7 Å². The van der Waals surface area contributed by atoms with Crippen LogP contribution in [-0.4, -0.2) is 23.8 Å². The Morgan fingerprint density at radius 2 is 1.48 bits per heavy atom. The van der Waals surface area contributed by atoms with E-state index in [1.807, 2.05) is 13.8 Å². The van der Waals surface area contributed by atoms with Crippen molar-refractivity contribution in [3.05, 3.63) is 34.9 Å². The van der Waals surface area contributed by atoms with Crippen LogP contribution >= 0.6 is 11.6 Å². The molecule has 1 atom stereocenters. The molecule has 0 radical (unpaired) electrons. The summed E-state index contributed by atoms with van der Waals surface area (Å²) in [7, 11) is 0. The minimum absolute atomic E-state index is 0.00225. The number of rotatable bonds is 4. The van der Waals surface area contributed by atoms with E-state index in [2.05, 4.69) is 16.2 Å². The lowest BCUT2D eigenvalue weighted by atomic mass is 9.88. The van der Waals surface area contributed by atoms with Gasteiger partial charge in [0, 0.05) is 11.1 Å². The van der Waals surface area contributed by atoms with E-state index in [4.69, 9.17) is 11.6 Å². The predicted octanol–water partition coefficient (Wildman–Crippen LogP) is 1.75. The van der Waals surface area contributed by atoms with Crippen LogP contribution in [0, 0.1) is 5.92 Å². The Kier molecular flexibility index (Phi) is 7.03. The van der Waals surface area contributed by atoms with Gasteiger partial charge in [0.2, 0.25) is 5.91 Å². The Labute approximate surface area is 140 Å². The lowest BCUT2D eigenvalue weighted by molar-refractivity contribution is -0.141. The van der Waals surface area contributed by atoms with Crippen molar-refractivity contribution in [3.63, 3.8) is 0 Å². The highest BCUT2D eigenvalue weighted by Crippen LogP contribution is 2.25. The molecular formula is C16H22ClN3O3. The second-order valence-electron chi connectivity index (χ2n) is 5.84. The highest BCUT2D eigenvalue weighted by molar-refractivity contribution is 6.35. The SMILES string of the molecule is CC(C)NC(=O)C(=O)NNC(=O)[C@H](c1ccc(Cl)cc1)C(C)C. The fraction of sp³-hybridized carbons (Fsp3) is 0.438. The van der Waals surface area contributed by atoms with Gasteiger partial charge in [-0.05, 0) is 37.5 Å². The molecule has 23 heavy (non-hydrogen) atoms. The number of carbonyl (C=O) groups is 3. The van der Waals surface area contributed by atoms with Crippen LogP contribution in [0.2, 0.25) is 5.02 Å². The molecule has 1 rings (SSSR count). The molecule has 0 saturated heterocycles. The zero-order valence-electron chi connectivity index (χ0n) is 13.6. The minimum Gasteiger partial charge on any atom is -0.346 e. The third-order valence-corrected chi connectivity index (χ3v) is 3.36. The molecule has 0 fully saturated rings. The number of halogens is 1. The fourth-order valence-electron chi connectivity index (χ4n) is 2.09. The molecule has 0 spiro atoms. The monoisotopic (exact) mass is 339 g/mol. The van der Waals surface area contributed by atoms with Gasteiger partial charge in [-0.1, -0.05) is 37.6 Å².